The molecule has 0 amide bonds. The summed E-state index contributed by atoms with van der Waals surface area (Å²) in [6, 6.07) is 3.48. The molecule has 104 valence electrons. The lowest BCUT2D eigenvalue weighted by Crippen LogP contribution is -2.38. The van der Waals surface area contributed by atoms with Crippen molar-refractivity contribution in [3.8, 4) is 5.75 Å². The highest BCUT2D eigenvalue weighted by atomic mass is 16.4. The highest BCUT2D eigenvalue weighted by molar-refractivity contribution is 5.74. The smallest absolute Gasteiger partial charge is 0.321 e. The lowest BCUT2D eigenvalue weighted by atomic mass is 10.0. The number of benzene rings is 1. The fourth-order valence-corrected chi connectivity index (χ4v) is 2.97. The molecule has 2 unspecified atom stereocenters. The van der Waals surface area contributed by atoms with Gasteiger partial charge in [0.2, 0.25) is 0 Å². The monoisotopic (exact) mass is 263 g/mol. The number of aromatic hydroxyl groups is 1. The van der Waals surface area contributed by atoms with Crippen LogP contribution in [0.1, 0.15) is 30.0 Å². The van der Waals surface area contributed by atoms with E-state index < -0.39 is 12.0 Å². The van der Waals surface area contributed by atoms with Gasteiger partial charge in [-0.1, -0.05) is 19.1 Å². The Morgan fingerprint density at radius 1 is 1.37 bits per heavy atom. The van der Waals surface area contributed by atoms with Crippen LogP contribution in [0.5, 0.6) is 5.75 Å². The number of nitrogens with zero attached hydrogens (tertiary/aromatic N) is 1. The zero-order chi connectivity index (χ0) is 14.2. The summed E-state index contributed by atoms with van der Waals surface area (Å²) in [7, 11) is 0. The van der Waals surface area contributed by atoms with Crippen molar-refractivity contribution in [2.75, 3.05) is 6.54 Å². The summed E-state index contributed by atoms with van der Waals surface area (Å²) >= 11 is 0. The second-order valence-electron chi connectivity index (χ2n) is 5.60. The maximum Gasteiger partial charge on any atom is 0.321 e. The molecule has 4 nitrogen and oxygen atoms in total. The number of phenols is 1. The van der Waals surface area contributed by atoms with Crippen LogP contribution >= 0.6 is 0 Å². The summed E-state index contributed by atoms with van der Waals surface area (Å²) in [6.45, 7) is 7.17. The SMILES string of the molecule is Cc1cc(CN2CCC(C)C2C(=O)O)cc(C)c1O. The zero-order valence-electron chi connectivity index (χ0n) is 11.7. The van der Waals surface area contributed by atoms with Gasteiger partial charge in [0.1, 0.15) is 11.8 Å². The van der Waals surface area contributed by atoms with Gasteiger partial charge in [0.25, 0.3) is 0 Å². The van der Waals surface area contributed by atoms with E-state index in [4.69, 9.17) is 0 Å². The van der Waals surface area contributed by atoms with Crippen molar-refractivity contribution >= 4 is 5.97 Å². The van der Waals surface area contributed by atoms with Gasteiger partial charge in [0.15, 0.2) is 0 Å². The van der Waals surface area contributed by atoms with Crippen LogP contribution in [0.2, 0.25) is 0 Å². The molecule has 1 aliphatic heterocycles. The summed E-state index contributed by atoms with van der Waals surface area (Å²) in [5.41, 5.74) is 2.75. The maximum absolute atomic E-state index is 11.3. The first-order chi connectivity index (χ1) is 8.90. The van der Waals surface area contributed by atoms with Crippen LogP contribution in [0.4, 0.5) is 0 Å². The molecule has 19 heavy (non-hydrogen) atoms. The van der Waals surface area contributed by atoms with E-state index in [1.807, 2.05) is 37.8 Å². The number of carboxylic acids is 1. The van der Waals surface area contributed by atoms with Gasteiger partial charge in [-0.25, -0.2) is 0 Å². The van der Waals surface area contributed by atoms with Crippen molar-refractivity contribution in [2.24, 2.45) is 5.92 Å². The second-order valence-corrected chi connectivity index (χ2v) is 5.60. The summed E-state index contributed by atoms with van der Waals surface area (Å²) in [4.78, 5) is 13.3. The van der Waals surface area contributed by atoms with Crippen molar-refractivity contribution in [3.05, 3.63) is 28.8 Å². The number of rotatable bonds is 3. The normalized spacial score (nSPS) is 23.7. The van der Waals surface area contributed by atoms with Crippen LogP contribution in [0.15, 0.2) is 12.1 Å². The van der Waals surface area contributed by atoms with E-state index in [1.54, 1.807) is 0 Å². The van der Waals surface area contributed by atoms with Crippen molar-refractivity contribution in [3.63, 3.8) is 0 Å². The average Bonchev–Trinajstić information content (AvgIpc) is 2.67. The molecule has 0 aromatic heterocycles. The third-order valence-corrected chi connectivity index (χ3v) is 3.99. The number of aryl methyl sites for hydroxylation is 2. The molecule has 0 bridgehead atoms. The first-order valence-electron chi connectivity index (χ1n) is 6.66. The molecule has 1 aromatic rings. The molecular formula is C15H21NO3. The molecule has 2 N–H and O–H groups in total. The highest BCUT2D eigenvalue weighted by Gasteiger charge is 2.36. The van der Waals surface area contributed by atoms with E-state index >= 15 is 0 Å². The lowest BCUT2D eigenvalue weighted by molar-refractivity contribution is -0.143. The Bertz CT molecular complexity index is 475. The van der Waals surface area contributed by atoms with Gasteiger partial charge in [0.05, 0.1) is 0 Å². The molecule has 4 heteroatoms. The zero-order valence-corrected chi connectivity index (χ0v) is 11.7. The quantitative estimate of drug-likeness (QED) is 0.878. The molecule has 0 radical (unpaired) electrons. The molecule has 0 aliphatic carbocycles. The summed E-state index contributed by atoms with van der Waals surface area (Å²) < 4.78 is 0. The molecular weight excluding hydrogens is 242 g/mol. The van der Waals surface area contributed by atoms with Crippen LogP contribution in [-0.2, 0) is 11.3 Å². The van der Waals surface area contributed by atoms with Crippen molar-refractivity contribution in [2.45, 2.75) is 39.8 Å². The summed E-state index contributed by atoms with van der Waals surface area (Å²) in [6.07, 6.45) is 0.924. The van der Waals surface area contributed by atoms with Gasteiger partial charge in [-0.3, -0.25) is 9.69 Å². The Morgan fingerprint density at radius 3 is 2.47 bits per heavy atom. The minimum atomic E-state index is -0.739. The minimum absolute atomic E-state index is 0.191. The molecule has 2 atom stereocenters. The molecule has 1 aromatic carbocycles. The Labute approximate surface area is 113 Å². The summed E-state index contributed by atoms with van der Waals surface area (Å²) in [5, 5.41) is 19.1. The Kier molecular flexibility index (Phi) is 3.80. The number of carbonyl (C=O) groups is 1. The molecule has 1 heterocycles. The van der Waals surface area contributed by atoms with E-state index in [0.717, 1.165) is 29.7 Å². The first kappa shape index (κ1) is 13.9. The van der Waals surface area contributed by atoms with Crippen LogP contribution in [0.3, 0.4) is 0 Å². The fourth-order valence-electron chi connectivity index (χ4n) is 2.97. The first-order valence-corrected chi connectivity index (χ1v) is 6.66. The van der Waals surface area contributed by atoms with Gasteiger partial charge >= 0.3 is 5.97 Å². The van der Waals surface area contributed by atoms with Gasteiger partial charge in [-0.05, 0) is 49.4 Å². The van der Waals surface area contributed by atoms with E-state index in [9.17, 15) is 15.0 Å². The number of carboxylic acid groups (broad SMARTS) is 1. The molecule has 1 aliphatic rings. The van der Waals surface area contributed by atoms with Gasteiger partial charge < -0.3 is 10.2 Å². The Balaban J connectivity index is 2.19. The predicted molar refractivity (Wildman–Crippen MR) is 73.2 cm³/mol. The average molecular weight is 263 g/mol. The molecule has 1 fully saturated rings. The Morgan fingerprint density at radius 2 is 1.95 bits per heavy atom. The lowest BCUT2D eigenvalue weighted by Gasteiger charge is -2.23. The van der Waals surface area contributed by atoms with E-state index in [1.165, 1.54) is 0 Å². The number of likely N-dealkylation sites (tertiary alicyclic amines) is 1. The fraction of sp³-hybridized carbons (Fsp3) is 0.533. The topological polar surface area (TPSA) is 60.8 Å². The third kappa shape index (κ3) is 2.73. The number of aliphatic carboxylic acids is 1. The number of hydrogen-bond donors (Lipinski definition) is 2. The minimum Gasteiger partial charge on any atom is -0.507 e. The van der Waals surface area contributed by atoms with Gasteiger partial charge in [-0.2, -0.15) is 0 Å². The molecule has 0 spiro atoms. The van der Waals surface area contributed by atoms with Crippen LogP contribution < -0.4 is 0 Å². The Hall–Kier alpha value is -1.55. The van der Waals surface area contributed by atoms with Crippen LogP contribution in [0.25, 0.3) is 0 Å². The number of hydrogen-bond acceptors (Lipinski definition) is 3. The standard InChI is InChI=1S/C15H21NO3/c1-9-4-5-16(13(9)15(18)19)8-12-6-10(2)14(17)11(3)7-12/h6-7,9,13,17H,4-5,8H2,1-3H3,(H,18,19). The molecule has 2 rings (SSSR count). The number of phenolic OH excluding ortho intramolecular Hbond substituents is 1. The maximum atomic E-state index is 11.3. The largest absolute Gasteiger partial charge is 0.507 e. The molecule has 0 saturated carbocycles. The highest BCUT2D eigenvalue weighted by Crippen LogP contribution is 2.28. The van der Waals surface area contributed by atoms with Gasteiger partial charge in [0, 0.05) is 6.54 Å². The van der Waals surface area contributed by atoms with Crippen LogP contribution in [-0.4, -0.2) is 33.7 Å². The van der Waals surface area contributed by atoms with Crippen molar-refractivity contribution in [1.29, 1.82) is 0 Å². The predicted octanol–water partition coefficient (Wildman–Crippen LogP) is 2.30. The summed E-state index contributed by atoms with van der Waals surface area (Å²) in [5.74, 6) is -0.220. The molecule has 1 saturated heterocycles. The van der Waals surface area contributed by atoms with Gasteiger partial charge in [-0.15, -0.1) is 0 Å². The van der Waals surface area contributed by atoms with Crippen molar-refractivity contribution in [1.82, 2.24) is 4.90 Å². The van der Waals surface area contributed by atoms with E-state index in [2.05, 4.69) is 0 Å². The van der Waals surface area contributed by atoms with E-state index in [-0.39, 0.29) is 5.92 Å². The third-order valence-electron chi connectivity index (χ3n) is 3.99. The van der Waals surface area contributed by atoms with E-state index in [0.29, 0.717) is 12.3 Å². The second kappa shape index (κ2) is 5.21. The van der Waals surface area contributed by atoms with Crippen molar-refractivity contribution < 1.29 is 15.0 Å². The van der Waals surface area contributed by atoms with Crippen LogP contribution in [0, 0.1) is 19.8 Å².